The number of rotatable bonds is 11. The summed E-state index contributed by atoms with van der Waals surface area (Å²) in [6.45, 7) is 10.1. The molecule has 0 bridgehead atoms. The van der Waals surface area contributed by atoms with Crippen molar-refractivity contribution < 1.29 is 19.0 Å². The van der Waals surface area contributed by atoms with E-state index in [1.54, 1.807) is 6.20 Å². The molecule has 7 heteroatoms. The molecule has 0 saturated heterocycles. The van der Waals surface area contributed by atoms with E-state index in [0.29, 0.717) is 32.2 Å². The zero-order valence-electron chi connectivity index (χ0n) is 20.6. The molecule has 0 saturated carbocycles. The fourth-order valence-corrected chi connectivity index (χ4v) is 3.26. The van der Waals surface area contributed by atoms with Crippen LogP contribution >= 0.6 is 0 Å². The van der Waals surface area contributed by atoms with Crippen LogP contribution in [0.15, 0.2) is 54.7 Å². The Morgan fingerprint density at radius 2 is 1.71 bits per heavy atom. The number of aromatic nitrogens is 2. The normalized spacial score (nSPS) is 11.5. The van der Waals surface area contributed by atoms with E-state index in [0.717, 1.165) is 41.6 Å². The second kappa shape index (κ2) is 12.4. The largest absolute Gasteiger partial charge is 0.443 e. The molecule has 34 heavy (non-hydrogen) atoms. The number of hydrogen-bond acceptors (Lipinski definition) is 6. The zero-order chi connectivity index (χ0) is 24.4. The van der Waals surface area contributed by atoms with Crippen LogP contribution in [0.1, 0.15) is 40.5 Å². The molecule has 7 nitrogen and oxygen atoms in total. The quantitative estimate of drug-likeness (QED) is 0.330. The van der Waals surface area contributed by atoms with Crippen molar-refractivity contribution in [3.05, 3.63) is 54.7 Å². The van der Waals surface area contributed by atoms with Crippen LogP contribution < -0.4 is 4.90 Å². The monoisotopic (exact) mass is 465 g/mol. The molecule has 1 amide bonds. The predicted octanol–water partition coefficient (Wildman–Crippen LogP) is 5.87. The van der Waals surface area contributed by atoms with E-state index in [4.69, 9.17) is 19.2 Å². The average Bonchev–Trinajstić information content (AvgIpc) is 2.82. The molecule has 0 atom stereocenters. The predicted molar refractivity (Wildman–Crippen MR) is 135 cm³/mol. The Labute approximate surface area is 202 Å². The number of anilines is 1. The standard InChI is InChI=1S/C27H35N3O4/c1-5-6-16-32-18-19-33-17-15-30(26(31)34-27(2,3)4)25-14-12-22(20-28-25)24-13-11-21-9-7-8-10-23(21)29-24/h7-14,20H,5-6,15-19H2,1-4H3. The lowest BCUT2D eigenvalue weighted by molar-refractivity contribution is 0.0438. The van der Waals surface area contributed by atoms with Crippen LogP contribution in [0.4, 0.5) is 10.6 Å². The molecular weight excluding hydrogens is 430 g/mol. The van der Waals surface area contributed by atoms with Crippen molar-refractivity contribution in [2.45, 2.75) is 46.1 Å². The summed E-state index contributed by atoms with van der Waals surface area (Å²) in [5.74, 6) is 0.501. The molecule has 182 valence electrons. The fraction of sp³-hybridized carbons (Fsp3) is 0.444. The number of ether oxygens (including phenoxy) is 3. The Balaban J connectivity index is 1.67. The van der Waals surface area contributed by atoms with E-state index in [-0.39, 0.29) is 0 Å². The highest BCUT2D eigenvalue weighted by Gasteiger charge is 2.24. The first-order chi connectivity index (χ1) is 16.4. The Hall–Kier alpha value is -3.03. The second-order valence-electron chi connectivity index (χ2n) is 9.00. The van der Waals surface area contributed by atoms with Crippen LogP contribution in [0.2, 0.25) is 0 Å². The first-order valence-electron chi connectivity index (χ1n) is 11.9. The highest BCUT2D eigenvalue weighted by Crippen LogP contribution is 2.23. The number of para-hydroxylation sites is 1. The average molecular weight is 466 g/mol. The zero-order valence-corrected chi connectivity index (χ0v) is 20.6. The van der Waals surface area contributed by atoms with Crippen molar-refractivity contribution in [3.8, 4) is 11.3 Å². The minimum atomic E-state index is -0.613. The van der Waals surface area contributed by atoms with Gasteiger partial charge in [0, 0.05) is 23.8 Å². The third kappa shape index (κ3) is 7.78. The number of carbonyl (C=O) groups excluding carboxylic acids is 1. The van der Waals surface area contributed by atoms with Gasteiger partial charge in [0.2, 0.25) is 0 Å². The number of carbonyl (C=O) groups is 1. The van der Waals surface area contributed by atoms with Crippen molar-refractivity contribution in [2.24, 2.45) is 0 Å². The van der Waals surface area contributed by atoms with Gasteiger partial charge in [0.25, 0.3) is 0 Å². The molecule has 0 fully saturated rings. The fourth-order valence-electron chi connectivity index (χ4n) is 3.26. The summed E-state index contributed by atoms with van der Waals surface area (Å²) in [5.41, 5.74) is 2.01. The molecule has 2 heterocycles. The summed E-state index contributed by atoms with van der Waals surface area (Å²) in [7, 11) is 0. The van der Waals surface area contributed by atoms with Crippen molar-refractivity contribution in [1.82, 2.24) is 9.97 Å². The Morgan fingerprint density at radius 3 is 2.41 bits per heavy atom. The summed E-state index contributed by atoms with van der Waals surface area (Å²) in [4.78, 5) is 23.6. The van der Waals surface area contributed by atoms with E-state index >= 15 is 0 Å². The first kappa shape index (κ1) is 25.6. The number of fused-ring (bicyclic) bond motifs is 1. The van der Waals surface area contributed by atoms with E-state index in [2.05, 4.69) is 11.9 Å². The minimum absolute atomic E-state index is 0.324. The maximum atomic E-state index is 12.9. The number of pyridine rings is 2. The van der Waals surface area contributed by atoms with E-state index in [1.165, 1.54) is 4.90 Å². The van der Waals surface area contributed by atoms with Gasteiger partial charge in [0.05, 0.1) is 37.6 Å². The maximum absolute atomic E-state index is 12.9. The molecule has 1 aromatic carbocycles. The van der Waals surface area contributed by atoms with E-state index in [9.17, 15) is 4.79 Å². The van der Waals surface area contributed by atoms with Crippen LogP contribution in [0, 0.1) is 0 Å². The number of amides is 1. The SMILES string of the molecule is CCCCOCCOCCN(C(=O)OC(C)(C)C)c1ccc(-c2ccc3ccccc3n2)cn1. The molecule has 2 aromatic heterocycles. The topological polar surface area (TPSA) is 73.8 Å². The Morgan fingerprint density at radius 1 is 0.941 bits per heavy atom. The molecule has 3 aromatic rings. The van der Waals surface area contributed by atoms with E-state index in [1.807, 2.05) is 69.3 Å². The second-order valence-corrected chi connectivity index (χ2v) is 9.00. The van der Waals surface area contributed by atoms with Crippen LogP contribution in [-0.4, -0.2) is 54.6 Å². The molecule has 3 rings (SSSR count). The smallest absolute Gasteiger partial charge is 0.416 e. The highest BCUT2D eigenvalue weighted by molar-refractivity contribution is 5.87. The third-order valence-corrected chi connectivity index (χ3v) is 5.01. The number of benzene rings is 1. The molecular formula is C27H35N3O4. The number of nitrogens with zero attached hydrogens (tertiary/aromatic N) is 3. The van der Waals surface area contributed by atoms with Gasteiger partial charge < -0.3 is 14.2 Å². The highest BCUT2D eigenvalue weighted by atomic mass is 16.6. The van der Waals surface area contributed by atoms with Crippen molar-refractivity contribution in [3.63, 3.8) is 0 Å². The van der Waals surface area contributed by atoms with Gasteiger partial charge >= 0.3 is 6.09 Å². The van der Waals surface area contributed by atoms with Crippen LogP contribution in [0.5, 0.6) is 0 Å². The Kier molecular flexibility index (Phi) is 9.36. The summed E-state index contributed by atoms with van der Waals surface area (Å²) < 4.78 is 16.8. The molecule has 0 aliphatic rings. The van der Waals surface area contributed by atoms with Crippen molar-refractivity contribution in [1.29, 1.82) is 0 Å². The lowest BCUT2D eigenvalue weighted by Gasteiger charge is -2.26. The number of unbranched alkanes of at least 4 members (excludes halogenated alkanes) is 1. The maximum Gasteiger partial charge on any atom is 0.416 e. The number of hydrogen-bond donors (Lipinski definition) is 0. The molecule has 0 aliphatic heterocycles. The van der Waals surface area contributed by atoms with Crippen molar-refractivity contribution >= 4 is 22.8 Å². The van der Waals surface area contributed by atoms with Gasteiger partial charge in [0.1, 0.15) is 11.4 Å². The minimum Gasteiger partial charge on any atom is -0.443 e. The lowest BCUT2D eigenvalue weighted by Crippen LogP contribution is -2.39. The molecule has 0 unspecified atom stereocenters. The molecule has 0 radical (unpaired) electrons. The first-order valence-corrected chi connectivity index (χ1v) is 11.9. The van der Waals surface area contributed by atoms with Crippen LogP contribution in [-0.2, 0) is 14.2 Å². The summed E-state index contributed by atoms with van der Waals surface area (Å²) in [6, 6.07) is 15.7. The molecule has 0 spiro atoms. The van der Waals surface area contributed by atoms with Gasteiger partial charge in [0.15, 0.2) is 0 Å². The summed E-state index contributed by atoms with van der Waals surface area (Å²) in [6.07, 6.45) is 3.42. The molecule has 0 N–H and O–H groups in total. The summed E-state index contributed by atoms with van der Waals surface area (Å²) >= 11 is 0. The van der Waals surface area contributed by atoms with Gasteiger partial charge in [-0.25, -0.2) is 14.8 Å². The van der Waals surface area contributed by atoms with Gasteiger partial charge in [-0.2, -0.15) is 0 Å². The third-order valence-electron chi connectivity index (χ3n) is 5.01. The van der Waals surface area contributed by atoms with E-state index < -0.39 is 11.7 Å². The van der Waals surface area contributed by atoms with Crippen LogP contribution in [0.3, 0.4) is 0 Å². The van der Waals surface area contributed by atoms with Crippen LogP contribution in [0.25, 0.3) is 22.2 Å². The van der Waals surface area contributed by atoms with Gasteiger partial charge in [-0.05, 0) is 51.5 Å². The Bertz CT molecular complexity index is 1050. The lowest BCUT2D eigenvalue weighted by atomic mass is 10.1. The van der Waals surface area contributed by atoms with Gasteiger partial charge in [-0.3, -0.25) is 4.90 Å². The van der Waals surface area contributed by atoms with Gasteiger partial charge in [-0.15, -0.1) is 0 Å². The summed E-state index contributed by atoms with van der Waals surface area (Å²) in [5, 5.41) is 1.09. The molecule has 0 aliphatic carbocycles. The van der Waals surface area contributed by atoms with Gasteiger partial charge in [-0.1, -0.05) is 37.6 Å². The van der Waals surface area contributed by atoms with Crippen molar-refractivity contribution in [2.75, 3.05) is 37.9 Å².